The summed E-state index contributed by atoms with van der Waals surface area (Å²) in [5.74, 6) is 0. The second-order valence-corrected chi connectivity index (χ2v) is 5.28. The molecule has 4 heteroatoms. The number of nitrogens with zero attached hydrogens (tertiary/aromatic N) is 1. The largest absolute Gasteiger partial charge is 0.330 e. The van der Waals surface area contributed by atoms with E-state index in [-0.39, 0.29) is 12.4 Å². The van der Waals surface area contributed by atoms with Gasteiger partial charge in [-0.05, 0) is 32.4 Å². The molecule has 0 atom stereocenters. The van der Waals surface area contributed by atoms with Crippen molar-refractivity contribution in [3.05, 3.63) is 39.7 Å². The van der Waals surface area contributed by atoms with Crippen LogP contribution in [-0.2, 0) is 6.42 Å². The summed E-state index contributed by atoms with van der Waals surface area (Å²) < 4.78 is 0. The zero-order valence-corrected chi connectivity index (χ0v) is 11.7. The van der Waals surface area contributed by atoms with E-state index in [9.17, 15) is 0 Å². The average molecular weight is 269 g/mol. The highest BCUT2D eigenvalue weighted by molar-refractivity contribution is 7.11. The highest BCUT2D eigenvalue weighted by Gasteiger charge is 2.06. The molecule has 0 aliphatic heterocycles. The second kappa shape index (κ2) is 6.15. The molecule has 2 aromatic rings. The highest BCUT2D eigenvalue weighted by atomic mass is 35.5. The van der Waals surface area contributed by atoms with Crippen LogP contribution < -0.4 is 5.73 Å². The fraction of sp³-hybridized carbons (Fsp3) is 0.308. The standard InChI is InChI=1S/C13H16N2S.ClH/c1-9-13(15-10(2)16-9)12-5-3-11(4-6-12)7-8-14;/h3-6H,7-8,14H2,1-2H3;1H. The molecule has 0 radical (unpaired) electrons. The molecule has 0 bridgehead atoms. The van der Waals surface area contributed by atoms with Gasteiger partial charge in [0.25, 0.3) is 0 Å². The molecule has 0 aliphatic carbocycles. The highest BCUT2D eigenvalue weighted by Crippen LogP contribution is 2.27. The third-order valence-corrected chi connectivity index (χ3v) is 3.45. The summed E-state index contributed by atoms with van der Waals surface area (Å²) in [5, 5.41) is 1.12. The van der Waals surface area contributed by atoms with E-state index in [1.807, 2.05) is 6.92 Å². The van der Waals surface area contributed by atoms with Crippen molar-refractivity contribution in [2.75, 3.05) is 6.54 Å². The lowest BCUT2D eigenvalue weighted by Gasteiger charge is -2.01. The first-order valence-corrected chi connectivity index (χ1v) is 6.26. The van der Waals surface area contributed by atoms with Gasteiger partial charge in [-0.3, -0.25) is 0 Å². The van der Waals surface area contributed by atoms with Crippen molar-refractivity contribution in [2.45, 2.75) is 20.3 Å². The van der Waals surface area contributed by atoms with E-state index in [4.69, 9.17) is 5.73 Å². The molecule has 0 unspecified atom stereocenters. The van der Waals surface area contributed by atoms with Gasteiger partial charge >= 0.3 is 0 Å². The Labute approximate surface area is 112 Å². The summed E-state index contributed by atoms with van der Waals surface area (Å²) in [5.41, 5.74) is 9.12. The number of nitrogens with two attached hydrogens (primary N) is 1. The third kappa shape index (κ3) is 3.28. The van der Waals surface area contributed by atoms with Crippen LogP contribution >= 0.6 is 23.7 Å². The molecule has 92 valence electrons. The Hall–Kier alpha value is -0.900. The minimum Gasteiger partial charge on any atom is -0.330 e. The molecule has 0 aliphatic rings. The van der Waals surface area contributed by atoms with Crippen LogP contribution in [0, 0.1) is 13.8 Å². The van der Waals surface area contributed by atoms with E-state index in [0.29, 0.717) is 6.54 Å². The van der Waals surface area contributed by atoms with Crippen molar-refractivity contribution in [1.29, 1.82) is 0 Å². The van der Waals surface area contributed by atoms with Crippen LogP contribution in [-0.4, -0.2) is 11.5 Å². The second-order valence-electron chi connectivity index (χ2n) is 3.87. The van der Waals surface area contributed by atoms with Crippen LogP contribution in [0.1, 0.15) is 15.4 Å². The van der Waals surface area contributed by atoms with E-state index in [1.165, 1.54) is 16.0 Å². The Morgan fingerprint density at radius 1 is 1.18 bits per heavy atom. The average Bonchev–Trinajstić information content (AvgIpc) is 2.59. The zero-order valence-electron chi connectivity index (χ0n) is 10.1. The van der Waals surface area contributed by atoms with E-state index >= 15 is 0 Å². The Morgan fingerprint density at radius 2 is 1.82 bits per heavy atom. The summed E-state index contributed by atoms with van der Waals surface area (Å²) in [4.78, 5) is 5.83. The van der Waals surface area contributed by atoms with Gasteiger partial charge in [0, 0.05) is 10.4 Å². The van der Waals surface area contributed by atoms with Crippen molar-refractivity contribution in [3.63, 3.8) is 0 Å². The molecular weight excluding hydrogens is 252 g/mol. The van der Waals surface area contributed by atoms with Gasteiger partial charge in [-0.2, -0.15) is 0 Å². The molecule has 1 aromatic heterocycles. The van der Waals surface area contributed by atoms with Gasteiger partial charge in [0.05, 0.1) is 10.7 Å². The number of rotatable bonds is 3. The number of hydrogen-bond acceptors (Lipinski definition) is 3. The molecule has 0 saturated carbocycles. The maximum atomic E-state index is 5.53. The van der Waals surface area contributed by atoms with Gasteiger partial charge in [0.1, 0.15) is 0 Å². The fourth-order valence-corrected chi connectivity index (χ4v) is 2.63. The van der Waals surface area contributed by atoms with Gasteiger partial charge in [-0.1, -0.05) is 24.3 Å². The summed E-state index contributed by atoms with van der Waals surface area (Å²) in [6.07, 6.45) is 0.940. The van der Waals surface area contributed by atoms with E-state index < -0.39 is 0 Å². The first kappa shape index (κ1) is 14.2. The Bertz CT molecular complexity index is 477. The van der Waals surface area contributed by atoms with E-state index in [1.54, 1.807) is 11.3 Å². The Balaban J connectivity index is 0.00000144. The number of halogens is 1. The maximum Gasteiger partial charge on any atom is 0.0904 e. The maximum absolute atomic E-state index is 5.53. The lowest BCUT2D eigenvalue weighted by atomic mass is 10.1. The summed E-state index contributed by atoms with van der Waals surface area (Å²) >= 11 is 1.75. The minimum absolute atomic E-state index is 0. The van der Waals surface area contributed by atoms with Gasteiger partial charge in [-0.25, -0.2) is 4.98 Å². The lowest BCUT2D eigenvalue weighted by Crippen LogP contribution is -2.02. The van der Waals surface area contributed by atoms with Crippen molar-refractivity contribution >= 4 is 23.7 Å². The Kier molecular flexibility index (Phi) is 5.12. The van der Waals surface area contributed by atoms with Crippen molar-refractivity contribution in [2.24, 2.45) is 5.73 Å². The number of thiazole rings is 1. The summed E-state index contributed by atoms with van der Waals surface area (Å²) in [7, 11) is 0. The minimum atomic E-state index is 0. The molecule has 2 rings (SSSR count). The predicted octanol–water partition coefficient (Wildman–Crippen LogP) is 3.35. The molecule has 0 saturated heterocycles. The van der Waals surface area contributed by atoms with Crippen molar-refractivity contribution in [3.8, 4) is 11.3 Å². The van der Waals surface area contributed by atoms with E-state index in [0.717, 1.165) is 17.1 Å². The van der Waals surface area contributed by atoms with Crippen LogP contribution in [0.25, 0.3) is 11.3 Å². The summed E-state index contributed by atoms with van der Waals surface area (Å²) in [6.45, 7) is 4.87. The van der Waals surface area contributed by atoms with Crippen LogP contribution in [0.4, 0.5) is 0 Å². The third-order valence-electron chi connectivity index (χ3n) is 2.56. The van der Waals surface area contributed by atoms with Crippen molar-refractivity contribution in [1.82, 2.24) is 4.98 Å². The van der Waals surface area contributed by atoms with Crippen LogP contribution in [0.15, 0.2) is 24.3 Å². The normalized spacial score (nSPS) is 10.1. The molecule has 0 amide bonds. The molecular formula is C13H17ClN2S. The number of aryl methyl sites for hydroxylation is 2. The number of hydrogen-bond donors (Lipinski definition) is 1. The topological polar surface area (TPSA) is 38.9 Å². The van der Waals surface area contributed by atoms with Crippen LogP contribution in [0.2, 0.25) is 0 Å². The predicted molar refractivity (Wildman–Crippen MR) is 77.0 cm³/mol. The fourth-order valence-electron chi connectivity index (χ4n) is 1.79. The van der Waals surface area contributed by atoms with Gasteiger partial charge in [0.15, 0.2) is 0 Å². The molecule has 0 fully saturated rings. The van der Waals surface area contributed by atoms with Crippen LogP contribution in [0.5, 0.6) is 0 Å². The van der Waals surface area contributed by atoms with Gasteiger partial charge in [0.2, 0.25) is 0 Å². The van der Waals surface area contributed by atoms with Gasteiger partial charge < -0.3 is 5.73 Å². The van der Waals surface area contributed by atoms with Gasteiger partial charge in [-0.15, -0.1) is 23.7 Å². The first-order chi connectivity index (χ1) is 7.70. The molecule has 2 N–H and O–H groups in total. The van der Waals surface area contributed by atoms with Crippen LogP contribution in [0.3, 0.4) is 0 Å². The van der Waals surface area contributed by atoms with Crippen molar-refractivity contribution < 1.29 is 0 Å². The molecule has 2 nitrogen and oxygen atoms in total. The quantitative estimate of drug-likeness (QED) is 0.927. The smallest absolute Gasteiger partial charge is 0.0904 e. The molecule has 17 heavy (non-hydrogen) atoms. The number of aromatic nitrogens is 1. The summed E-state index contributed by atoms with van der Waals surface area (Å²) in [6, 6.07) is 8.53. The molecule has 0 spiro atoms. The SMILES string of the molecule is Cc1nc(-c2ccc(CCN)cc2)c(C)s1.Cl. The first-order valence-electron chi connectivity index (χ1n) is 5.44. The molecule has 1 heterocycles. The number of benzene rings is 1. The zero-order chi connectivity index (χ0) is 11.5. The Morgan fingerprint density at radius 3 is 2.29 bits per heavy atom. The monoisotopic (exact) mass is 268 g/mol. The molecule has 1 aromatic carbocycles. The lowest BCUT2D eigenvalue weighted by molar-refractivity contribution is 0.969. The van der Waals surface area contributed by atoms with E-state index in [2.05, 4.69) is 36.2 Å².